The molecule has 1 heterocycles. The van der Waals surface area contributed by atoms with Gasteiger partial charge in [-0.1, -0.05) is 0 Å². The molecule has 0 bridgehead atoms. The van der Waals surface area contributed by atoms with Gasteiger partial charge >= 0.3 is 5.97 Å². The van der Waals surface area contributed by atoms with Gasteiger partial charge in [-0.2, -0.15) is 0 Å². The highest BCUT2D eigenvalue weighted by atomic mass is 16.4. The van der Waals surface area contributed by atoms with Gasteiger partial charge in [-0.15, -0.1) is 0 Å². The minimum absolute atomic E-state index is 0.240. The summed E-state index contributed by atoms with van der Waals surface area (Å²) in [7, 11) is 0. The molecule has 0 aliphatic carbocycles. The lowest BCUT2D eigenvalue weighted by atomic mass is 10.1. The van der Waals surface area contributed by atoms with Crippen molar-refractivity contribution in [3.63, 3.8) is 0 Å². The van der Waals surface area contributed by atoms with Gasteiger partial charge in [0.2, 0.25) is 23.6 Å². The van der Waals surface area contributed by atoms with Crippen LogP contribution < -0.4 is 22.1 Å². The van der Waals surface area contributed by atoms with Crippen molar-refractivity contribution in [3.8, 4) is 0 Å². The third-order valence-corrected chi connectivity index (χ3v) is 4.71. The smallest absolute Gasteiger partial charge is 0.326 e. The Labute approximate surface area is 172 Å². The Kier molecular flexibility index (Phi) is 9.62. The quantitative estimate of drug-likeness (QED) is 0.169. The molecule has 1 aliphatic rings. The van der Waals surface area contributed by atoms with Crippen LogP contribution in [0.1, 0.15) is 32.6 Å². The summed E-state index contributed by atoms with van der Waals surface area (Å²) in [6.07, 6.45) is -1.14. The van der Waals surface area contributed by atoms with Crippen molar-refractivity contribution in [1.82, 2.24) is 15.5 Å². The summed E-state index contributed by atoms with van der Waals surface area (Å²) in [5.74, 6) is -4.48. The fraction of sp³-hybridized carbons (Fsp3) is 0.706. The first-order valence-electron chi connectivity index (χ1n) is 9.46. The van der Waals surface area contributed by atoms with Gasteiger partial charge in [0.25, 0.3) is 0 Å². The van der Waals surface area contributed by atoms with E-state index in [1.807, 2.05) is 0 Å². The van der Waals surface area contributed by atoms with E-state index >= 15 is 0 Å². The van der Waals surface area contributed by atoms with Crippen molar-refractivity contribution in [3.05, 3.63) is 0 Å². The highest BCUT2D eigenvalue weighted by Gasteiger charge is 2.38. The maximum absolute atomic E-state index is 12.6. The number of rotatable bonds is 11. The number of likely N-dealkylation sites (tertiary alicyclic amines) is 1. The van der Waals surface area contributed by atoms with Gasteiger partial charge in [-0.05, 0) is 26.2 Å². The first kappa shape index (κ1) is 25.3. The number of hydrogen-bond acceptors (Lipinski definition) is 8. The summed E-state index contributed by atoms with van der Waals surface area (Å²) in [5, 5.41) is 32.6. The number of hydrogen-bond donors (Lipinski definition) is 7. The molecule has 0 aromatic rings. The molecule has 0 unspecified atom stereocenters. The average molecular weight is 431 g/mol. The zero-order chi connectivity index (χ0) is 23.0. The number of aliphatic hydroxyl groups excluding tert-OH is 2. The number of carboxylic acids is 1. The Morgan fingerprint density at radius 3 is 2.33 bits per heavy atom. The fourth-order valence-electron chi connectivity index (χ4n) is 3.05. The highest BCUT2D eigenvalue weighted by Crippen LogP contribution is 2.18. The van der Waals surface area contributed by atoms with Crippen molar-refractivity contribution >= 4 is 29.6 Å². The predicted octanol–water partition coefficient (Wildman–Crippen LogP) is -4.00. The molecule has 1 saturated heterocycles. The molecule has 30 heavy (non-hydrogen) atoms. The van der Waals surface area contributed by atoms with Crippen molar-refractivity contribution in [1.29, 1.82) is 0 Å². The van der Waals surface area contributed by atoms with E-state index in [1.54, 1.807) is 0 Å². The van der Waals surface area contributed by atoms with Gasteiger partial charge < -0.3 is 42.3 Å². The van der Waals surface area contributed by atoms with Gasteiger partial charge in [0.15, 0.2) is 0 Å². The molecule has 13 heteroatoms. The minimum atomic E-state index is -1.50. The fourth-order valence-corrected chi connectivity index (χ4v) is 3.05. The van der Waals surface area contributed by atoms with Crippen LogP contribution in [0.4, 0.5) is 0 Å². The minimum Gasteiger partial charge on any atom is -0.480 e. The Morgan fingerprint density at radius 2 is 1.83 bits per heavy atom. The largest absolute Gasteiger partial charge is 0.480 e. The third-order valence-electron chi connectivity index (χ3n) is 4.71. The van der Waals surface area contributed by atoms with E-state index in [2.05, 4.69) is 10.6 Å². The van der Waals surface area contributed by atoms with E-state index < -0.39 is 66.5 Å². The van der Waals surface area contributed by atoms with Crippen molar-refractivity contribution < 1.29 is 39.3 Å². The molecule has 0 radical (unpaired) electrons. The summed E-state index contributed by atoms with van der Waals surface area (Å²) < 4.78 is 0. The van der Waals surface area contributed by atoms with E-state index in [1.165, 1.54) is 11.8 Å². The van der Waals surface area contributed by atoms with E-state index in [0.29, 0.717) is 12.8 Å². The summed E-state index contributed by atoms with van der Waals surface area (Å²) in [4.78, 5) is 60.7. The number of primary amides is 1. The third kappa shape index (κ3) is 6.93. The van der Waals surface area contributed by atoms with Gasteiger partial charge in [0.05, 0.1) is 12.7 Å². The van der Waals surface area contributed by atoms with Crippen LogP contribution in [0.25, 0.3) is 0 Å². The number of aliphatic carboxylic acids is 1. The molecule has 1 aliphatic heterocycles. The number of carbonyl (C=O) groups is 5. The maximum Gasteiger partial charge on any atom is 0.326 e. The van der Waals surface area contributed by atoms with Crippen molar-refractivity contribution in [2.75, 3.05) is 13.2 Å². The topological polar surface area (TPSA) is 225 Å². The van der Waals surface area contributed by atoms with Gasteiger partial charge in [0.1, 0.15) is 24.2 Å². The summed E-state index contributed by atoms with van der Waals surface area (Å²) >= 11 is 0. The predicted molar refractivity (Wildman–Crippen MR) is 101 cm³/mol. The SMILES string of the molecule is C[C@@H](O)[C@H](NC(=O)[C@@H]1CCCN1C(=O)[C@@H](N)CO)C(=O)N[C@@H](CCC(N)=O)C(=O)O. The standard InChI is InChI=1S/C17H29N5O8/c1-8(24)13(15(27)20-10(17(29)30)4-5-12(19)25)21-14(26)11-3-2-6-22(11)16(28)9(18)7-23/h8-11,13,23-24H,2-7,18H2,1H3,(H2,19,25)(H,20,27)(H,21,26)(H,29,30)/t8-,9+,10+,11+,13+/m1/s1. The van der Waals surface area contributed by atoms with E-state index in [-0.39, 0.29) is 19.4 Å². The normalized spacial score (nSPS) is 20.0. The van der Waals surface area contributed by atoms with Gasteiger partial charge in [0, 0.05) is 13.0 Å². The average Bonchev–Trinajstić information content (AvgIpc) is 3.16. The number of carbonyl (C=O) groups excluding carboxylic acids is 4. The van der Waals surface area contributed by atoms with Gasteiger partial charge in [-0.25, -0.2) is 4.79 Å². The molecule has 5 atom stereocenters. The second-order valence-electron chi connectivity index (χ2n) is 7.11. The van der Waals surface area contributed by atoms with Crippen LogP contribution in [0.5, 0.6) is 0 Å². The Hall–Kier alpha value is -2.77. The van der Waals surface area contributed by atoms with Gasteiger partial charge in [-0.3, -0.25) is 19.2 Å². The van der Waals surface area contributed by atoms with Crippen LogP contribution in [-0.4, -0.2) is 93.2 Å². The Bertz CT molecular complexity index is 671. The second kappa shape index (κ2) is 11.4. The lowest BCUT2D eigenvalue weighted by Gasteiger charge is -2.29. The molecule has 0 aromatic carbocycles. The van der Waals surface area contributed by atoms with Crippen LogP contribution in [-0.2, 0) is 24.0 Å². The lowest BCUT2D eigenvalue weighted by molar-refractivity contribution is -0.144. The molecule has 1 fully saturated rings. The first-order valence-corrected chi connectivity index (χ1v) is 9.46. The van der Waals surface area contributed by atoms with Crippen molar-refractivity contribution in [2.45, 2.75) is 62.9 Å². The summed E-state index contributed by atoms with van der Waals surface area (Å²) in [6, 6.07) is -5.09. The van der Waals surface area contributed by atoms with Crippen LogP contribution >= 0.6 is 0 Å². The number of nitrogens with zero attached hydrogens (tertiary/aromatic N) is 1. The highest BCUT2D eigenvalue weighted by molar-refractivity contribution is 5.94. The Balaban J connectivity index is 2.85. The lowest BCUT2D eigenvalue weighted by Crippen LogP contribution is -2.59. The maximum atomic E-state index is 12.6. The number of amides is 4. The summed E-state index contributed by atoms with van der Waals surface area (Å²) in [6.45, 7) is 0.873. The monoisotopic (exact) mass is 431 g/mol. The molecule has 0 spiro atoms. The molecular weight excluding hydrogens is 402 g/mol. The number of nitrogens with one attached hydrogen (secondary N) is 2. The molecule has 170 valence electrons. The molecule has 1 rings (SSSR count). The van der Waals surface area contributed by atoms with Crippen LogP contribution in [0.15, 0.2) is 0 Å². The molecule has 13 nitrogen and oxygen atoms in total. The Morgan fingerprint density at radius 1 is 1.20 bits per heavy atom. The number of carboxylic acid groups (broad SMARTS) is 1. The van der Waals surface area contributed by atoms with Crippen LogP contribution in [0.2, 0.25) is 0 Å². The molecule has 4 amide bonds. The first-order chi connectivity index (χ1) is 14.0. The number of nitrogens with two attached hydrogens (primary N) is 2. The van der Waals surface area contributed by atoms with E-state index in [9.17, 15) is 34.2 Å². The van der Waals surface area contributed by atoms with Crippen molar-refractivity contribution in [2.24, 2.45) is 11.5 Å². The van der Waals surface area contributed by atoms with Crippen LogP contribution in [0, 0.1) is 0 Å². The molecule has 9 N–H and O–H groups in total. The number of aliphatic hydroxyl groups is 2. The molecule has 0 aromatic heterocycles. The van der Waals surface area contributed by atoms with E-state index in [4.69, 9.17) is 16.6 Å². The van der Waals surface area contributed by atoms with E-state index in [0.717, 1.165) is 0 Å². The molecular formula is C17H29N5O8. The zero-order valence-corrected chi connectivity index (χ0v) is 16.6. The van der Waals surface area contributed by atoms with Crippen LogP contribution in [0.3, 0.4) is 0 Å². The zero-order valence-electron chi connectivity index (χ0n) is 16.6. The molecule has 0 saturated carbocycles. The summed E-state index contributed by atoms with van der Waals surface area (Å²) in [5.41, 5.74) is 10.5. The second-order valence-corrected chi connectivity index (χ2v) is 7.11.